The van der Waals surface area contributed by atoms with Gasteiger partial charge in [0.2, 0.25) is 11.9 Å². The van der Waals surface area contributed by atoms with Gasteiger partial charge in [0.15, 0.2) is 0 Å². The van der Waals surface area contributed by atoms with Gasteiger partial charge in [-0.1, -0.05) is 6.07 Å². The van der Waals surface area contributed by atoms with Crippen molar-refractivity contribution in [2.45, 2.75) is 18.7 Å². The monoisotopic (exact) mass is 502 g/mol. The SMILES string of the molecule is C=S(=O)(NC(=O)OCC)c1ccc(Nc2ncc(-c3cccs3)c(NCCNC(C)=O)n2)cc1. The normalized spacial score (nSPS) is 12.3. The van der Waals surface area contributed by atoms with Crippen LogP contribution in [0.4, 0.5) is 22.2 Å². The number of carbonyl (C=O) groups is 2. The van der Waals surface area contributed by atoms with Gasteiger partial charge in [0.05, 0.1) is 21.9 Å². The lowest BCUT2D eigenvalue weighted by atomic mass is 10.2. The molecule has 0 radical (unpaired) electrons. The molecule has 10 nitrogen and oxygen atoms in total. The number of hydrogen-bond donors (Lipinski definition) is 4. The van der Waals surface area contributed by atoms with E-state index in [1.54, 1.807) is 48.7 Å². The highest BCUT2D eigenvalue weighted by atomic mass is 32.2. The number of ether oxygens (including phenoxy) is 1. The van der Waals surface area contributed by atoms with Crippen molar-refractivity contribution < 1.29 is 18.5 Å². The van der Waals surface area contributed by atoms with Crippen LogP contribution < -0.4 is 20.7 Å². The molecule has 3 rings (SSSR count). The number of amides is 2. The maximum atomic E-state index is 12.7. The molecule has 0 aliphatic heterocycles. The molecule has 180 valence electrons. The maximum absolute atomic E-state index is 12.7. The summed E-state index contributed by atoms with van der Waals surface area (Å²) in [4.78, 5) is 33.1. The van der Waals surface area contributed by atoms with Crippen molar-refractivity contribution in [1.82, 2.24) is 20.0 Å². The topological polar surface area (TPSA) is 134 Å². The van der Waals surface area contributed by atoms with Crippen molar-refractivity contribution in [3.05, 3.63) is 48.0 Å². The molecule has 0 fully saturated rings. The van der Waals surface area contributed by atoms with Gasteiger partial charge in [0.1, 0.15) is 5.82 Å². The van der Waals surface area contributed by atoms with Crippen molar-refractivity contribution in [1.29, 1.82) is 0 Å². The number of nitrogens with one attached hydrogen (secondary N) is 4. The molecule has 2 aromatic heterocycles. The van der Waals surface area contributed by atoms with Crippen LogP contribution in [0.25, 0.3) is 10.4 Å². The molecule has 0 bridgehead atoms. The predicted molar refractivity (Wildman–Crippen MR) is 136 cm³/mol. The highest BCUT2D eigenvalue weighted by Crippen LogP contribution is 2.30. The average Bonchev–Trinajstić information content (AvgIpc) is 3.32. The lowest BCUT2D eigenvalue weighted by Crippen LogP contribution is -2.30. The summed E-state index contributed by atoms with van der Waals surface area (Å²) >= 11 is 1.57. The molecule has 4 N–H and O–H groups in total. The van der Waals surface area contributed by atoms with E-state index in [1.807, 2.05) is 17.5 Å². The lowest BCUT2D eigenvalue weighted by Gasteiger charge is -2.14. The summed E-state index contributed by atoms with van der Waals surface area (Å²) in [5.74, 6) is 4.49. The van der Waals surface area contributed by atoms with Crippen LogP contribution in [0.3, 0.4) is 0 Å². The summed E-state index contributed by atoms with van der Waals surface area (Å²) in [7, 11) is -3.05. The second kappa shape index (κ2) is 11.5. The van der Waals surface area contributed by atoms with Crippen LogP contribution in [0.1, 0.15) is 13.8 Å². The Hall–Kier alpha value is -3.64. The van der Waals surface area contributed by atoms with Crippen LogP contribution in [-0.4, -0.2) is 51.7 Å². The molecule has 1 atom stereocenters. The zero-order valence-electron chi connectivity index (χ0n) is 18.8. The molecule has 0 aliphatic carbocycles. The average molecular weight is 503 g/mol. The maximum Gasteiger partial charge on any atom is 0.418 e. The summed E-state index contributed by atoms with van der Waals surface area (Å²) in [5, 5.41) is 11.1. The molecule has 12 heteroatoms. The molecule has 1 aromatic carbocycles. The minimum atomic E-state index is -3.05. The Morgan fingerprint density at radius 2 is 1.94 bits per heavy atom. The van der Waals surface area contributed by atoms with E-state index >= 15 is 0 Å². The van der Waals surface area contributed by atoms with Gasteiger partial charge < -0.3 is 20.7 Å². The Morgan fingerprint density at radius 3 is 2.59 bits per heavy atom. The number of anilines is 3. The molecular weight excluding hydrogens is 476 g/mol. The van der Waals surface area contributed by atoms with Gasteiger partial charge >= 0.3 is 6.09 Å². The third-order valence-corrected chi connectivity index (χ3v) is 6.81. The number of nitrogens with zero attached hydrogens (tertiary/aromatic N) is 2. The molecule has 34 heavy (non-hydrogen) atoms. The fourth-order valence-corrected chi connectivity index (χ4v) is 4.61. The predicted octanol–water partition coefficient (Wildman–Crippen LogP) is 3.23. The van der Waals surface area contributed by atoms with E-state index in [4.69, 9.17) is 4.74 Å². The Bertz CT molecular complexity index is 1230. The highest BCUT2D eigenvalue weighted by molar-refractivity contribution is 7.99. The van der Waals surface area contributed by atoms with Gasteiger partial charge in [-0.3, -0.25) is 4.79 Å². The molecule has 0 spiro atoms. The number of aromatic nitrogens is 2. The lowest BCUT2D eigenvalue weighted by molar-refractivity contribution is -0.118. The van der Waals surface area contributed by atoms with Crippen LogP contribution in [0.15, 0.2) is 52.9 Å². The van der Waals surface area contributed by atoms with Gasteiger partial charge in [-0.05, 0) is 48.5 Å². The number of rotatable bonds is 10. The zero-order chi connectivity index (χ0) is 24.6. The van der Waals surface area contributed by atoms with Crippen molar-refractivity contribution >= 4 is 56.4 Å². The quantitative estimate of drug-likeness (QED) is 0.245. The van der Waals surface area contributed by atoms with Crippen LogP contribution in [0, 0.1) is 0 Å². The van der Waals surface area contributed by atoms with Crippen LogP contribution >= 0.6 is 11.3 Å². The Morgan fingerprint density at radius 1 is 1.18 bits per heavy atom. The molecule has 0 saturated carbocycles. The van der Waals surface area contributed by atoms with Gasteiger partial charge in [-0.15, -0.1) is 11.3 Å². The van der Waals surface area contributed by atoms with Gasteiger partial charge in [-0.25, -0.2) is 18.7 Å². The van der Waals surface area contributed by atoms with E-state index in [2.05, 4.69) is 36.5 Å². The first-order valence-electron chi connectivity index (χ1n) is 10.4. The molecule has 2 heterocycles. The van der Waals surface area contributed by atoms with Crippen molar-refractivity contribution in [3.8, 4) is 10.4 Å². The summed E-state index contributed by atoms with van der Waals surface area (Å²) in [6.07, 6.45) is 0.935. The fourth-order valence-electron chi connectivity index (χ4n) is 2.85. The van der Waals surface area contributed by atoms with Crippen molar-refractivity contribution in [3.63, 3.8) is 0 Å². The van der Waals surface area contributed by atoms with Crippen LogP contribution in [0.2, 0.25) is 0 Å². The van der Waals surface area contributed by atoms with Gasteiger partial charge in [0, 0.05) is 41.7 Å². The number of benzene rings is 1. The zero-order valence-corrected chi connectivity index (χ0v) is 20.4. The highest BCUT2D eigenvalue weighted by Gasteiger charge is 2.14. The van der Waals surface area contributed by atoms with Crippen LogP contribution in [-0.2, 0) is 19.2 Å². The van der Waals surface area contributed by atoms with Gasteiger partial charge in [-0.2, -0.15) is 4.98 Å². The van der Waals surface area contributed by atoms with Gasteiger partial charge in [0.25, 0.3) is 0 Å². The Labute approximate surface area is 202 Å². The second-order valence-electron chi connectivity index (χ2n) is 6.99. The van der Waals surface area contributed by atoms with Crippen LogP contribution in [0.5, 0.6) is 0 Å². The molecule has 0 aliphatic rings. The molecule has 1 unspecified atom stereocenters. The molecule has 2 amide bonds. The molecular formula is C22H26N6O4S2. The largest absolute Gasteiger partial charge is 0.449 e. The summed E-state index contributed by atoms with van der Waals surface area (Å²) in [5.41, 5.74) is 1.50. The first kappa shape index (κ1) is 25.0. The Kier molecular flexibility index (Phi) is 8.44. The van der Waals surface area contributed by atoms with E-state index in [0.717, 1.165) is 10.4 Å². The third-order valence-electron chi connectivity index (χ3n) is 4.38. The number of thiophene rings is 1. The summed E-state index contributed by atoms with van der Waals surface area (Å²) < 4.78 is 19.8. The number of hydrogen-bond acceptors (Lipinski definition) is 9. The summed E-state index contributed by atoms with van der Waals surface area (Å²) in [6, 6.07) is 10.5. The van der Waals surface area contributed by atoms with Crippen molar-refractivity contribution in [2.75, 3.05) is 30.3 Å². The van der Waals surface area contributed by atoms with E-state index < -0.39 is 15.8 Å². The molecule has 0 saturated heterocycles. The first-order valence-corrected chi connectivity index (χ1v) is 13.0. The van der Waals surface area contributed by atoms with E-state index in [0.29, 0.717) is 35.4 Å². The van der Waals surface area contributed by atoms with Crippen molar-refractivity contribution in [2.24, 2.45) is 0 Å². The van der Waals surface area contributed by atoms with E-state index in [1.165, 1.54) is 6.92 Å². The number of carbonyl (C=O) groups excluding carboxylic acids is 2. The Balaban J connectivity index is 1.75. The minimum Gasteiger partial charge on any atom is -0.449 e. The fraction of sp³-hybridized carbons (Fsp3) is 0.227. The smallest absolute Gasteiger partial charge is 0.418 e. The van der Waals surface area contributed by atoms with E-state index in [9.17, 15) is 13.8 Å². The van der Waals surface area contributed by atoms with E-state index in [-0.39, 0.29) is 12.5 Å². The molecule has 3 aromatic rings. The third kappa shape index (κ3) is 6.93. The standard InChI is InChI=1S/C22H26N6O4S2/c1-4-32-22(30)28-34(3,31)17-9-7-16(8-10-17)26-21-25-14-18(19-6-5-13-33-19)20(27-21)24-12-11-23-15(2)29/h5-10,13-14H,3-4,11-12H2,1-2H3,(H,23,29)(H,28,30,31)(H2,24,25,26,27). The summed E-state index contributed by atoms with van der Waals surface area (Å²) in [6.45, 7) is 4.24. The minimum absolute atomic E-state index is 0.0996. The second-order valence-corrected chi connectivity index (χ2v) is 9.96. The first-order chi connectivity index (χ1) is 16.3.